The Morgan fingerprint density at radius 2 is 1.83 bits per heavy atom. The molecule has 0 amide bonds. The molecule has 1 N–H and O–H groups in total. The highest BCUT2D eigenvalue weighted by Crippen LogP contribution is 2.17. The van der Waals surface area contributed by atoms with E-state index in [2.05, 4.69) is 6.92 Å². The van der Waals surface area contributed by atoms with Gasteiger partial charge in [-0.2, -0.15) is 4.31 Å². The summed E-state index contributed by atoms with van der Waals surface area (Å²) in [7, 11) is -3.38. The number of nitrogens with one attached hydrogen (secondary N) is 1. The van der Waals surface area contributed by atoms with Crippen molar-refractivity contribution < 1.29 is 17.7 Å². The molecule has 0 spiro atoms. The fraction of sp³-hybridized carbons (Fsp3) is 0.444. The van der Waals surface area contributed by atoms with E-state index >= 15 is 0 Å². The first-order valence-electron chi connectivity index (χ1n) is 8.54. The van der Waals surface area contributed by atoms with Gasteiger partial charge in [0.2, 0.25) is 10.0 Å². The molecule has 24 heavy (non-hydrogen) atoms. The van der Waals surface area contributed by atoms with Crippen molar-refractivity contribution in [3.8, 4) is 0 Å². The van der Waals surface area contributed by atoms with Gasteiger partial charge in [-0.15, -0.1) is 0 Å². The highest BCUT2D eigenvalue weighted by atomic mass is 32.2. The van der Waals surface area contributed by atoms with Gasteiger partial charge in [-0.25, -0.2) is 8.42 Å². The van der Waals surface area contributed by atoms with Crippen molar-refractivity contribution in [2.75, 3.05) is 26.2 Å². The molecular weight excluding hydrogens is 324 g/mol. The Bertz CT molecular complexity index is 731. The number of nitrogens with zero attached hydrogens (tertiary/aromatic N) is 1. The largest absolute Gasteiger partial charge is 0.463 e. The van der Waals surface area contributed by atoms with Crippen molar-refractivity contribution in [1.29, 1.82) is 0 Å². The van der Waals surface area contributed by atoms with Crippen LogP contribution in [-0.2, 0) is 23.0 Å². The lowest BCUT2D eigenvalue weighted by molar-refractivity contribution is -0.918. The summed E-state index contributed by atoms with van der Waals surface area (Å²) >= 11 is 0. The molecule has 1 saturated heterocycles. The Morgan fingerprint density at radius 3 is 2.42 bits per heavy atom. The van der Waals surface area contributed by atoms with E-state index in [1.807, 2.05) is 24.3 Å². The van der Waals surface area contributed by atoms with Crippen LogP contribution < -0.4 is 4.90 Å². The number of hydrogen-bond acceptors (Lipinski definition) is 3. The maximum atomic E-state index is 12.8. The van der Waals surface area contributed by atoms with Crippen LogP contribution in [-0.4, -0.2) is 38.9 Å². The third-order valence-corrected chi connectivity index (χ3v) is 6.45. The lowest BCUT2D eigenvalue weighted by Crippen LogP contribution is -3.13. The van der Waals surface area contributed by atoms with Gasteiger partial charge in [0.15, 0.2) is 5.76 Å². The summed E-state index contributed by atoms with van der Waals surface area (Å²) in [6, 6.07) is 11.2. The highest BCUT2D eigenvalue weighted by Gasteiger charge is 2.30. The second kappa shape index (κ2) is 7.51. The van der Waals surface area contributed by atoms with Crippen LogP contribution in [0.15, 0.2) is 52.0 Å². The van der Waals surface area contributed by atoms with Crippen molar-refractivity contribution in [3.63, 3.8) is 0 Å². The van der Waals surface area contributed by atoms with E-state index < -0.39 is 10.0 Å². The quantitative estimate of drug-likeness (QED) is 0.856. The Labute approximate surface area is 143 Å². The van der Waals surface area contributed by atoms with Gasteiger partial charge in [0.05, 0.1) is 37.3 Å². The average Bonchev–Trinajstić information content (AvgIpc) is 3.09. The molecule has 0 bridgehead atoms. The fourth-order valence-electron chi connectivity index (χ4n) is 3.14. The van der Waals surface area contributed by atoms with Crippen LogP contribution in [0, 0.1) is 0 Å². The molecule has 1 aromatic heterocycles. The van der Waals surface area contributed by atoms with Crippen molar-refractivity contribution in [2.24, 2.45) is 0 Å². The minimum atomic E-state index is -3.38. The molecule has 0 saturated carbocycles. The van der Waals surface area contributed by atoms with E-state index in [0.717, 1.165) is 38.2 Å². The zero-order valence-electron chi connectivity index (χ0n) is 14.1. The number of sulfonamides is 1. The molecule has 3 rings (SSSR count). The number of quaternary nitrogens is 1. The van der Waals surface area contributed by atoms with Gasteiger partial charge < -0.3 is 9.32 Å². The minimum Gasteiger partial charge on any atom is -0.463 e. The van der Waals surface area contributed by atoms with Gasteiger partial charge in [-0.3, -0.25) is 0 Å². The van der Waals surface area contributed by atoms with Crippen LogP contribution in [0.25, 0.3) is 0 Å². The lowest BCUT2D eigenvalue weighted by Gasteiger charge is -2.31. The predicted molar refractivity (Wildman–Crippen MR) is 92.3 cm³/mol. The molecule has 1 fully saturated rings. The average molecular weight is 349 g/mol. The smallest absolute Gasteiger partial charge is 0.243 e. The van der Waals surface area contributed by atoms with Gasteiger partial charge in [0, 0.05) is 0 Å². The Morgan fingerprint density at radius 1 is 1.12 bits per heavy atom. The second-order valence-electron chi connectivity index (χ2n) is 6.30. The number of piperazine rings is 1. The molecule has 0 aliphatic carbocycles. The number of aryl methyl sites for hydroxylation is 1. The first-order valence-corrected chi connectivity index (χ1v) is 9.98. The van der Waals surface area contributed by atoms with E-state index in [-0.39, 0.29) is 0 Å². The Balaban J connectivity index is 1.61. The summed E-state index contributed by atoms with van der Waals surface area (Å²) < 4.78 is 32.5. The van der Waals surface area contributed by atoms with Crippen molar-refractivity contribution >= 4 is 10.0 Å². The van der Waals surface area contributed by atoms with Gasteiger partial charge >= 0.3 is 0 Å². The lowest BCUT2D eigenvalue weighted by atomic mass is 10.1. The van der Waals surface area contributed by atoms with Crippen LogP contribution in [0.1, 0.15) is 24.7 Å². The standard InChI is InChI=1S/C18H24N2O3S/c1-2-4-16-6-8-18(9-7-16)24(21,22)20-12-10-19(11-13-20)15-17-5-3-14-23-17/h3,5-9,14H,2,4,10-13,15H2,1H3/p+1. The number of furan rings is 1. The van der Waals surface area contributed by atoms with E-state index in [1.54, 1.807) is 22.7 Å². The minimum absolute atomic E-state index is 0.400. The van der Waals surface area contributed by atoms with Gasteiger partial charge in [-0.05, 0) is 36.2 Å². The number of hydrogen-bond donors (Lipinski definition) is 1. The SMILES string of the molecule is CCCc1ccc(S(=O)(=O)N2CC[NH+](Cc3ccco3)CC2)cc1. The summed E-state index contributed by atoms with van der Waals surface area (Å²) in [5.41, 5.74) is 1.18. The fourth-order valence-corrected chi connectivity index (χ4v) is 4.59. The predicted octanol–water partition coefficient (Wildman–Crippen LogP) is 1.32. The summed E-state index contributed by atoms with van der Waals surface area (Å²) in [4.78, 5) is 1.76. The third kappa shape index (κ3) is 3.88. The topological polar surface area (TPSA) is 55.0 Å². The van der Waals surface area contributed by atoms with Crippen molar-refractivity contribution in [3.05, 3.63) is 54.0 Å². The van der Waals surface area contributed by atoms with Gasteiger partial charge in [0.25, 0.3) is 0 Å². The van der Waals surface area contributed by atoms with Crippen LogP contribution in [0.4, 0.5) is 0 Å². The second-order valence-corrected chi connectivity index (χ2v) is 8.24. The molecule has 2 heterocycles. The Kier molecular flexibility index (Phi) is 5.38. The molecule has 0 unspecified atom stereocenters. The molecule has 6 heteroatoms. The molecular formula is C18H25N2O3S+. The van der Waals surface area contributed by atoms with Crippen LogP contribution in [0.3, 0.4) is 0 Å². The van der Waals surface area contributed by atoms with Crippen LogP contribution in [0.5, 0.6) is 0 Å². The van der Waals surface area contributed by atoms with Crippen molar-refractivity contribution in [1.82, 2.24) is 4.31 Å². The summed E-state index contributed by atoms with van der Waals surface area (Å²) in [5, 5.41) is 0. The van der Waals surface area contributed by atoms with E-state index in [1.165, 1.54) is 10.5 Å². The molecule has 1 aromatic carbocycles. The molecule has 0 radical (unpaired) electrons. The zero-order chi connectivity index (χ0) is 17.0. The van der Waals surface area contributed by atoms with Gasteiger partial charge in [-0.1, -0.05) is 25.5 Å². The zero-order valence-corrected chi connectivity index (χ0v) is 14.9. The first-order chi connectivity index (χ1) is 11.6. The van der Waals surface area contributed by atoms with E-state index in [4.69, 9.17) is 4.42 Å². The van der Waals surface area contributed by atoms with Crippen LogP contribution in [0.2, 0.25) is 0 Å². The van der Waals surface area contributed by atoms with Crippen molar-refractivity contribution in [2.45, 2.75) is 31.2 Å². The molecule has 2 aromatic rings. The maximum absolute atomic E-state index is 12.8. The maximum Gasteiger partial charge on any atom is 0.243 e. The highest BCUT2D eigenvalue weighted by molar-refractivity contribution is 7.89. The normalized spacial score (nSPS) is 17.2. The first kappa shape index (κ1) is 17.2. The molecule has 5 nitrogen and oxygen atoms in total. The molecule has 130 valence electrons. The summed E-state index contributed by atoms with van der Waals surface area (Å²) in [6.07, 6.45) is 3.72. The van der Waals surface area contributed by atoms with E-state index in [0.29, 0.717) is 18.0 Å². The summed E-state index contributed by atoms with van der Waals surface area (Å²) in [5.74, 6) is 0.952. The number of rotatable bonds is 6. The monoisotopic (exact) mass is 349 g/mol. The third-order valence-electron chi connectivity index (χ3n) is 4.53. The Hall–Kier alpha value is -1.63. The van der Waals surface area contributed by atoms with Crippen LogP contribution >= 0.6 is 0 Å². The van der Waals surface area contributed by atoms with Gasteiger partial charge in [0.1, 0.15) is 6.54 Å². The molecule has 0 atom stereocenters. The van der Waals surface area contributed by atoms with E-state index in [9.17, 15) is 8.42 Å². The molecule has 1 aliphatic rings. The number of benzene rings is 1. The molecule has 1 aliphatic heterocycles. The summed E-state index contributed by atoms with van der Waals surface area (Å²) in [6.45, 7) is 5.63.